The molecule has 0 aromatic heterocycles. The van der Waals surface area contributed by atoms with E-state index in [1.807, 2.05) is 0 Å². The molecule has 2 nitrogen and oxygen atoms in total. The van der Waals surface area contributed by atoms with Gasteiger partial charge in [-0.1, -0.05) is 30.7 Å². The monoisotopic (exact) mass is 217 g/mol. The second kappa shape index (κ2) is 3.86. The summed E-state index contributed by atoms with van der Waals surface area (Å²) in [5.41, 5.74) is 9.07. The molecule has 2 aliphatic rings. The molecule has 0 atom stereocenters. The van der Waals surface area contributed by atoms with Crippen LogP contribution in [0, 0.1) is 0 Å². The van der Waals surface area contributed by atoms with Gasteiger partial charge in [-0.2, -0.15) is 0 Å². The molecule has 1 saturated carbocycles. The average molecular weight is 217 g/mol. The summed E-state index contributed by atoms with van der Waals surface area (Å²) in [6, 6.07) is 9.08. The summed E-state index contributed by atoms with van der Waals surface area (Å²) in [5, 5.41) is 0. The highest BCUT2D eigenvalue weighted by molar-refractivity contribution is 5.33. The molecular formula is C14H19NO. The Hall–Kier alpha value is -0.860. The summed E-state index contributed by atoms with van der Waals surface area (Å²) >= 11 is 0. The molecule has 1 aliphatic carbocycles. The molecule has 1 aromatic carbocycles. The molecule has 0 unspecified atom stereocenters. The van der Waals surface area contributed by atoms with Crippen LogP contribution in [-0.4, -0.2) is 19.8 Å². The van der Waals surface area contributed by atoms with Crippen molar-refractivity contribution in [2.45, 2.75) is 30.6 Å². The van der Waals surface area contributed by atoms with Crippen LogP contribution >= 0.6 is 0 Å². The van der Waals surface area contributed by atoms with E-state index in [4.69, 9.17) is 10.5 Å². The second-order valence-corrected chi connectivity index (χ2v) is 5.19. The van der Waals surface area contributed by atoms with Gasteiger partial charge in [-0.3, -0.25) is 0 Å². The van der Waals surface area contributed by atoms with Crippen LogP contribution in [-0.2, 0) is 10.2 Å². The first kappa shape index (κ1) is 10.3. The fourth-order valence-corrected chi connectivity index (χ4v) is 2.75. The van der Waals surface area contributed by atoms with Crippen molar-refractivity contribution in [2.24, 2.45) is 5.73 Å². The predicted octanol–water partition coefficient (Wildman–Crippen LogP) is 2.18. The lowest BCUT2D eigenvalue weighted by molar-refractivity contribution is 0.00840. The Bertz CT molecular complexity index is 357. The first-order valence-electron chi connectivity index (χ1n) is 6.22. The summed E-state index contributed by atoms with van der Waals surface area (Å²) in [6.07, 6.45) is 3.85. The van der Waals surface area contributed by atoms with Crippen molar-refractivity contribution in [3.63, 3.8) is 0 Å². The lowest BCUT2D eigenvalue weighted by atomic mass is 9.64. The van der Waals surface area contributed by atoms with E-state index in [-0.39, 0.29) is 0 Å². The van der Waals surface area contributed by atoms with Gasteiger partial charge in [-0.15, -0.1) is 0 Å². The van der Waals surface area contributed by atoms with Crippen LogP contribution in [0.1, 0.15) is 36.3 Å². The molecule has 3 rings (SSSR count). The first-order valence-corrected chi connectivity index (χ1v) is 6.22. The van der Waals surface area contributed by atoms with Gasteiger partial charge in [0.2, 0.25) is 0 Å². The molecular weight excluding hydrogens is 198 g/mol. The number of nitrogens with two attached hydrogens (primary N) is 1. The van der Waals surface area contributed by atoms with Crippen molar-refractivity contribution in [2.75, 3.05) is 19.8 Å². The van der Waals surface area contributed by atoms with Gasteiger partial charge in [0.05, 0.1) is 13.2 Å². The van der Waals surface area contributed by atoms with Gasteiger partial charge in [0, 0.05) is 17.9 Å². The number of hydrogen-bond donors (Lipinski definition) is 1. The van der Waals surface area contributed by atoms with Gasteiger partial charge in [0.15, 0.2) is 0 Å². The zero-order chi connectivity index (χ0) is 11.0. The van der Waals surface area contributed by atoms with Crippen LogP contribution in [0.15, 0.2) is 24.3 Å². The van der Waals surface area contributed by atoms with Crippen molar-refractivity contribution in [1.82, 2.24) is 0 Å². The Kier molecular flexibility index (Phi) is 2.49. The quantitative estimate of drug-likeness (QED) is 0.842. The highest BCUT2D eigenvalue weighted by Crippen LogP contribution is 2.43. The maximum absolute atomic E-state index is 5.92. The van der Waals surface area contributed by atoms with Crippen LogP contribution in [0.2, 0.25) is 0 Å². The minimum absolute atomic E-state index is 0.300. The third-order valence-corrected chi connectivity index (χ3v) is 4.33. The maximum atomic E-state index is 5.92. The van der Waals surface area contributed by atoms with Crippen LogP contribution in [0.4, 0.5) is 0 Å². The van der Waals surface area contributed by atoms with Gasteiger partial charge in [-0.05, 0) is 24.0 Å². The molecule has 1 heterocycles. The van der Waals surface area contributed by atoms with Gasteiger partial charge >= 0.3 is 0 Å². The molecule has 2 N–H and O–H groups in total. The lowest BCUT2D eigenvalue weighted by Crippen LogP contribution is -2.41. The molecule has 0 amide bonds. The van der Waals surface area contributed by atoms with Crippen molar-refractivity contribution < 1.29 is 4.74 Å². The molecule has 2 fully saturated rings. The largest absolute Gasteiger partial charge is 0.380 e. The van der Waals surface area contributed by atoms with E-state index in [1.165, 1.54) is 30.4 Å². The molecule has 16 heavy (non-hydrogen) atoms. The van der Waals surface area contributed by atoms with Crippen molar-refractivity contribution in [3.05, 3.63) is 35.4 Å². The summed E-state index contributed by atoms with van der Waals surface area (Å²) in [5.74, 6) is 0.629. The minimum Gasteiger partial charge on any atom is -0.380 e. The topological polar surface area (TPSA) is 35.2 Å². The number of rotatable bonds is 3. The molecule has 1 aliphatic heterocycles. The van der Waals surface area contributed by atoms with E-state index < -0.39 is 0 Å². The zero-order valence-electron chi connectivity index (χ0n) is 9.61. The number of benzene rings is 1. The van der Waals surface area contributed by atoms with Gasteiger partial charge < -0.3 is 10.5 Å². The predicted molar refractivity (Wildman–Crippen MR) is 64.6 cm³/mol. The fraction of sp³-hybridized carbons (Fsp3) is 0.571. The van der Waals surface area contributed by atoms with E-state index in [0.29, 0.717) is 11.3 Å². The summed E-state index contributed by atoms with van der Waals surface area (Å²) in [6.45, 7) is 2.57. The van der Waals surface area contributed by atoms with Crippen LogP contribution in [0.3, 0.4) is 0 Å². The number of hydrogen-bond acceptors (Lipinski definition) is 2. The van der Waals surface area contributed by atoms with E-state index in [2.05, 4.69) is 24.3 Å². The Morgan fingerprint density at radius 3 is 2.25 bits per heavy atom. The van der Waals surface area contributed by atoms with E-state index in [9.17, 15) is 0 Å². The van der Waals surface area contributed by atoms with Crippen molar-refractivity contribution in [3.8, 4) is 0 Å². The summed E-state index contributed by atoms with van der Waals surface area (Å²) in [4.78, 5) is 0. The molecule has 0 bridgehead atoms. The van der Waals surface area contributed by atoms with Gasteiger partial charge in [0.1, 0.15) is 0 Å². The standard InChI is InChI=1S/C14H19NO/c15-10-14(6-1-7-14)13-4-2-11(3-5-13)12-8-16-9-12/h2-5,12H,1,6-10,15H2. The smallest absolute Gasteiger partial charge is 0.0557 e. The third-order valence-electron chi connectivity index (χ3n) is 4.33. The molecule has 1 saturated heterocycles. The zero-order valence-corrected chi connectivity index (χ0v) is 9.61. The number of ether oxygens (including phenoxy) is 1. The van der Waals surface area contributed by atoms with E-state index in [0.717, 1.165) is 19.8 Å². The fourth-order valence-electron chi connectivity index (χ4n) is 2.75. The average Bonchev–Trinajstić information content (AvgIpc) is 2.17. The summed E-state index contributed by atoms with van der Waals surface area (Å²) in [7, 11) is 0. The van der Waals surface area contributed by atoms with E-state index in [1.54, 1.807) is 0 Å². The lowest BCUT2D eigenvalue weighted by Gasteiger charge is -2.41. The van der Waals surface area contributed by atoms with E-state index >= 15 is 0 Å². The van der Waals surface area contributed by atoms with Crippen molar-refractivity contribution >= 4 is 0 Å². The molecule has 0 radical (unpaired) electrons. The highest BCUT2D eigenvalue weighted by atomic mass is 16.5. The highest BCUT2D eigenvalue weighted by Gasteiger charge is 2.37. The van der Waals surface area contributed by atoms with Gasteiger partial charge in [0.25, 0.3) is 0 Å². The Balaban J connectivity index is 1.81. The van der Waals surface area contributed by atoms with Crippen LogP contribution in [0.5, 0.6) is 0 Å². The molecule has 0 spiro atoms. The van der Waals surface area contributed by atoms with Crippen LogP contribution in [0.25, 0.3) is 0 Å². The Morgan fingerprint density at radius 1 is 1.19 bits per heavy atom. The summed E-state index contributed by atoms with van der Waals surface area (Å²) < 4.78 is 5.22. The SMILES string of the molecule is NCC1(c2ccc(C3COC3)cc2)CCC1. The molecule has 86 valence electrons. The molecule has 1 aromatic rings. The third kappa shape index (κ3) is 1.48. The Labute approximate surface area is 96.8 Å². The van der Waals surface area contributed by atoms with Crippen LogP contribution < -0.4 is 5.73 Å². The first-order chi connectivity index (χ1) is 7.84. The Morgan fingerprint density at radius 2 is 1.88 bits per heavy atom. The van der Waals surface area contributed by atoms with Gasteiger partial charge in [-0.25, -0.2) is 0 Å². The maximum Gasteiger partial charge on any atom is 0.0557 e. The van der Waals surface area contributed by atoms with Crippen molar-refractivity contribution in [1.29, 1.82) is 0 Å². The second-order valence-electron chi connectivity index (χ2n) is 5.19. The molecule has 2 heteroatoms. The normalized spacial score (nSPS) is 23.6. The minimum atomic E-state index is 0.300.